The standard InChI is InChI=1S/C33H39BO5/c1-5-9-21(16-22-14-19(3)31(35)20(4)15-22)12-13-28-29-23(6-2)17-26-30(27(29)18-34(38)39-28)33(37)25-11-8-7-10-24(25)32(26)36/h7-8,10-11,14-16,26-28,30,35,38H,5-6,9,12-13,17-18H2,1-4H3/b21-16+/t26-,27+,28-,30-/m1/s1. The van der Waals surface area contributed by atoms with E-state index in [1.807, 2.05) is 38.1 Å². The Balaban J connectivity index is 1.45. The van der Waals surface area contributed by atoms with Gasteiger partial charge in [0.1, 0.15) is 5.75 Å². The van der Waals surface area contributed by atoms with Crippen molar-refractivity contribution in [3.63, 3.8) is 0 Å². The number of hydrogen-bond donors (Lipinski definition) is 2. The summed E-state index contributed by atoms with van der Waals surface area (Å²) in [6.45, 7) is 8.12. The quantitative estimate of drug-likeness (QED) is 0.303. The summed E-state index contributed by atoms with van der Waals surface area (Å²) in [7, 11) is -0.957. The Morgan fingerprint density at radius 3 is 2.33 bits per heavy atom. The second kappa shape index (κ2) is 11.3. The molecule has 2 aromatic carbocycles. The van der Waals surface area contributed by atoms with E-state index in [4.69, 9.17) is 4.65 Å². The highest BCUT2D eigenvalue weighted by molar-refractivity contribution is 6.43. The summed E-state index contributed by atoms with van der Waals surface area (Å²) in [5.41, 5.74) is 7.53. The van der Waals surface area contributed by atoms with Crippen LogP contribution in [0.1, 0.15) is 89.8 Å². The number of hydrogen-bond acceptors (Lipinski definition) is 5. The molecule has 1 aliphatic heterocycles. The molecule has 0 aromatic heterocycles. The molecule has 5 rings (SSSR count). The van der Waals surface area contributed by atoms with Gasteiger partial charge in [-0.15, -0.1) is 0 Å². The van der Waals surface area contributed by atoms with Gasteiger partial charge in [-0.25, -0.2) is 0 Å². The minimum atomic E-state index is -0.957. The van der Waals surface area contributed by atoms with Crippen LogP contribution in [0.3, 0.4) is 0 Å². The van der Waals surface area contributed by atoms with Gasteiger partial charge in [0.15, 0.2) is 11.6 Å². The van der Waals surface area contributed by atoms with Crippen molar-refractivity contribution in [2.45, 2.75) is 78.6 Å². The van der Waals surface area contributed by atoms with E-state index in [1.54, 1.807) is 12.1 Å². The van der Waals surface area contributed by atoms with E-state index < -0.39 is 13.0 Å². The topological polar surface area (TPSA) is 83.8 Å². The summed E-state index contributed by atoms with van der Waals surface area (Å²) in [6, 6.07) is 11.2. The number of phenols is 1. The van der Waals surface area contributed by atoms with Crippen molar-refractivity contribution >= 4 is 24.8 Å². The Morgan fingerprint density at radius 1 is 1.03 bits per heavy atom. The molecule has 6 heteroatoms. The van der Waals surface area contributed by atoms with Crippen molar-refractivity contribution in [1.29, 1.82) is 0 Å². The van der Waals surface area contributed by atoms with Crippen LogP contribution in [-0.4, -0.2) is 34.9 Å². The third kappa shape index (κ3) is 5.17. The molecule has 0 unspecified atom stereocenters. The molecule has 0 saturated carbocycles. The number of rotatable bonds is 7. The van der Waals surface area contributed by atoms with E-state index in [0.29, 0.717) is 36.0 Å². The number of benzene rings is 2. The van der Waals surface area contributed by atoms with Gasteiger partial charge in [-0.3, -0.25) is 9.59 Å². The van der Waals surface area contributed by atoms with Crippen LogP contribution in [0.5, 0.6) is 5.75 Å². The molecule has 1 saturated heterocycles. The largest absolute Gasteiger partial charge is 0.507 e. The smallest absolute Gasteiger partial charge is 0.455 e. The number of fused-ring (bicyclic) bond motifs is 4. The number of allylic oxidation sites excluding steroid dienone is 2. The SMILES string of the molecule is CCC/C(=C\c1cc(C)c(O)c(C)c1)CC[C@H]1OB(O)C[C@H]2C1=C(CC)C[C@H]1C(=O)c3ccccc3C(=O)[C@H]12. The molecule has 1 fully saturated rings. The van der Waals surface area contributed by atoms with Crippen LogP contribution < -0.4 is 0 Å². The molecular formula is C33H39BO5. The van der Waals surface area contributed by atoms with Crippen LogP contribution in [-0.2, 0) is 4.65 Å². The first kappa shape index (κ1) is 27.6. The van der Waals surface area contributed by atoms with E-state index in [0.717, 1.165) is 47.9 Å². The lowest BCUT2D eigenvalue weighted by Gasteiger charge is -2.47. The van der Waals surface area contributed by atoms with Gasteiger partial charge in [-0.2, -0.15) is 0 Å². The maximum Gasteiger partial charge on any atom is 0.455 e. The van der Waals surface area contributed by atoms with Crippen molar-refractivity contribution in [1.82, 2.24) is 0 Å². The van der Waals surface area contributed by atoms with Crippen molar-refractivity contribution in [3.8, 4) is 5.75 Å². The van der Waals surface area contributed by atoms with Crippen LogP contribution in [0.15, 0.2) is 53.1 Å². The Kier molecular flexibility index (Phi) is 7.97. The molecular weight excluding hydrogens is 487 g/mol. The maximum atomic E-state index is 13.8. The summed E-state index contributed by atoms with van der Waals surface area (Å²) in [4.78, 5) is 27.3. The van der Waals surface area contributed by atoms with Crippen molar-refractivity contribution in [3.05, 3.63) is 80.9 Å². The molecule has 39 heavy (non-hydrogen) atoms. The number of ketones is 2. The van der Waals surface area contributed by atoms with Crippen LogP contribution >= 0.6 is 0 Å². The molecule has 0 bridgehead atoms. The average Bonchev–Trinajstić information content (AvgIpc) is 2.92. The zero-order valence-electron chi connectivity index (χ0n) is 23.5. The fourth-order valence-corrected chi connectivity index (χ4v) is 7.22. The molecule has 0 radical (unpaired) electrons. The van der Waals surface area contributed by atoms with E-state index >= 15 is 0 Å². The number of carbonyl (C=O) groups excluding carboxylic acids is 2. The van der Waals surface area contributed by atoms with Gasteiger partial charge >= 0.3 is 7.12 Å². The van der Waals surface area contributed by atoms with Gasteiger partial charge in [-0.1, -0.05) is 61.8 Å². The minimum Gasteiger partial charge on any atom is -0.507 e. The Morgan fingerprint density at radius 2 is 1.69 bits per heavy atom. The van der Waals surface area contributed by atoms with Crippen LogP contribution in [0.25, 0.3) is 6.08 Å². The van der Waals surface area contributed by atoms with Gasteiger partial charge in [0.05, 0.1) is 6.10 Å². The third-order valence-corrected chi connectivity index (χ3v) is 8.97. The minimum absolute atomic E-state index is 0.0327. The molecule has 3 aliphatic rings. The molecule has 1 heterocycles. The number of aromatic hydroxyl groups is 1. The summed E-state index contributed by atoms with van der Waals surface area (Å²) in [6.07, 6.45) is 7.16. The van der Waals surface area contributed by atoms with Crippen molar-refractivity contribution in [2.75, 3.05) is 0 Å². The van der Waals surface area contributed by atoms with Gasteiger partial charge in [0.25, 0.3) is 0 Å². The number of aryl methyl sites for hydroxylation is 2. The van der Waals surface area contributed by atoms with E-state index in [1.165, 1.54) is 11.1 Å². The number of carbonyl (C=O) groups is 2. The Bertz CT molecular complexity index is 1330. The second-order valence-electron chi connectivity index (χ2n) is 11.5. The predicted octanol–water partition coefficient (Wildman–Crippen LogP) is 6.89. The van der Waals surface area contributed by atoms with E-state index in [9.17, 15) is 19.7 Å². The average molecular weight is 526 g/mol. The van der Waals surface area contributed by atoms with Gasteiger partial charge in [-0.05, 0) is 92.6 Å². The third-order valence-electron chi connectivity index (χ3n) is 8.97. The second-order valence-corrected chi connectivity index (χ2v) is 11.5. The lowest BCUT2D eigenvalue weighted by molar-refractivity contribution is 0.0599. The highest BCUT2D eigenvalue weighted by atomic mass is 16.5. The van der Waals surface area contributed by atoms with Gasteiger partial charge in [0, 0.05) is 23.0 Å². The predicted molar refractivity (Wildman–Crippen MR) is 155 cm³/mol. The molecule has 0 amide bonds. The first-order chi connectivity index (χ1) is 18.7. The first-order valence-corrected chi connectivity index (χ1v) is 14.5. The normalized spacial score (nSPS) is 24.9. The summed E-state index contributed by atoms with van der Waals surface area (Å²) in [5, 5.41) is 21.0. The fourth-order valence-electron chi connectivity index (χ4n) is 7.22. The molecule has 2 aliphatic carbocycles. The summed E-state index contributed by atoms with van der Waals surface area (Å²) < 4.78 is 6.17. The molecule has 2 aromatic rings. The molecule has 4 atom stereocenters. The number of Topliss-reactive ketones (excluding diaryl/α,β-unsaturated/α-hetero) is 2. The van der Waals surface area contributed by atoms with E-state index in [-0.39, 0.29) is 29.5 Å². The Hall–Kier alpha value is -2.96. The lowest BCUT2D eigenvalue weighted by Crippen LogP contribution is -2.50. The molecule has 5 nitrogen and oxygen atoms in total. The van der Waals surface area contributed by atoms with E-state index in [2.05, 4.69) is 19.9 Å². The zero-order chi connectivity index (χ0) is 27.8. The first-order valence-electron chi connectivity index (χ1n) is 14.5. The van der Waals surface area contributed by atoms with Gasteiger partial charge < -0.3 is 14.8 Å². The molecule has 2 N–H and O–H groups in total. The van der Waals surface area contributed by atoms with Gasteiger partial charge in [0.2, 0.25) is 0 Å². The Labute approximate surface area is 232 Å². The fraction of sp³-hybridized carbons (Fsp3) is 0.455. The number of phenolic OH excluding ortho intramolecular Hbond substituents is 1. The highest BCUT2D eigenvalue weighted by Crippen LogP contribution is 2.51. The maximum absolute atomic E-state index is 13.8. The van der Waals surface area contributed by atoms with Crippen LogP contribution in [0.4, 0.5) is 0 Å². The lowest BCUT2D eigenvalue weighted by atomic mass is 9.54. The highest BCUT2D eigenvalue weighted by Gasteiger charge is 2.53. The van der Waals surface area contributed by atoms with Crippen molar-refractivity contribution < 1.29 is 24.4 Å². The molecule has 204 valence electrons. The summed E-state index contributed by atoms with van der Waals surface area (Å²) >= 11 is 0. The monoisotopic (exact) mass is 526 g/mol. The molecule has 0 spiro atoms. The van der Waals surface area contributed by atoms with Crippen LogP contribution in [0.2, 0.25) is 6.32 Å². The van der Waals surface area contributed by atoms with Crippen LogP contribution in [0, 0.1) is 31.6 Å². The summed E-state index contributed by atoms with van der Waals surface area (Å²) in [5.74, 6) is -0.548. The van der Waals surface area contributed by atoms with Crippen molar-refractivity contribution in [2.24, 2.45) is 17.8 Å². The zero-order valence-corrected chi connectivity index (χ0v) is 23.5.